The summed E-state index contributed by atoms with van der Waals surface area (Å²) < 4.78 is 0. The Labute approximate surface area is 133 Å². The van der Waals surface area contributed by atoms with Crippen molar-refractivity contribution in [1.29, 1.82) is 0 Å². The number of hydrogen-bond acceptors (Lipinski definition) is 2. The molecule has 108 valence electrons. The Kier molecular flexibility index (Phi) is 3.09. The van der Waals surface area contributed by atoms with Crippen molar-refractivity contribution in [1.82, 2.24) is 9.97 Å². The van der Waals surface area contributed by atoms with Crippen LogP contribution in [-0.4, -0.2) is 9.97 Å². The second kappa shape index (κ2) is 5.11. The van der Waals surface area contributed by atoms with Crippen LogP contribution < -0.4 is 0 Å². The molecule has 4 aromatic rings. The first-order chi connectivity index (χ1) is 10.7. The average molecular weight is 304 g/mol. The molecule has 22 heavy (non-hydrogen) atoms. The maximum absolute atomic E-state index is 4.87. The number of rotatable bonds is 2. The van der Waals surface area contributed by atoms with Crippen LogP contribution in [0.15, 0.2) is 54.0 Å². The zero-order valence-corrected chi connectivity index (χ0v) is 13.4. The number of nitrogens with zero attached hydrogens (tertiary/aromatic N) is 1. The summed E-state index contributed by atoms with van der Waals surface area (Å²) in [5, 5.41) is 4.44. The first-order valence-electron chi connectivity index (χ1n) is 7.32. The highest BCUT2D eigenvalue weighted by Crippen LogP contribution is 2.34. The fourth-order valence-electron chi connectivity index (χ4n) is 2.78. The second-order valence-corrected chi connectivity index (χ2v) is 6.46. The third-order valence-electron chi connectivity index (χ3n) is 3.99. The molecule has 0 radical (unpaired) electrons. The van der Waals surface area contributed by atoms with E-state index in [1.807, 2.05) is 6.07 Å². The van der Waals surface area contributed by atoms with Gasteiger partial charge in [-0.3, -0.25) is 0 Å². The van der Waals surface area contributed by atoms with Gasteiger partial charge in [0, 0.05) is 33.6 Å². The van der Waals surface area contributed by atoms with Crippen LogP contribution in [-0.2, 0) is 0 Å². The van der Waals surface area contributed by atoms with Gasteiger partial charge in [0.2, 0.25) is 0 Å². The molecule has 0 spiro atoms. The maximum Gasteiger partial charge on any atom is 0.126 e. The molecule has 2 nitrogen and oxygen atoms in total. The molecule has 2 aromatic carbocycles. The summed E-state index contributed by atoms with van der Waals surface area (Å²) in [6.45, 7) is 4.26. The number of aromatic nitrogens is 2. The molecule has 4 rings (SSSR count). The average Bonchev–Trinajstić information content (AvgIpc) is 3.16. The highest BCUT2D eigenvalue weighted by atomic mass is 32.1. The summed E-state index contributed by atoms with van der Waals surface area (Å²) in [7, 11) is 0. The number of nitrogens with one attached hydrogen (secondary N) is 1. The van der Waals surface area contributed by atoms with Crippen molar-refractivity contribution in [2.45, 2.75) is 13.8 Å². The third kappa shape index (κ3) is 2.14. The smallest absolute Gasteiger partial charge is 0.126 e. The van der Waals surface area contributed by atoms with Gasteiger partial charge in [-0.1, -0.05) is 35.9 Å². The maximum atomic E-state index is 4.87. The van der Waals surface area contributed by atoms with Crippen molar-refractivity contribution in [2.24, 2.45) is 0 Å². The topological polar surface area (TPSA) is 28.7 Å². The van der Waals surface area contributed by atoms with E-state index in [2.05, 4.69) is 66.8 Å². The Bertz CT molecular complexity index is 962. The fourth-order valence-corrected chi connectivity index (χ4v) is 3.63. The van der Waals surface area contributed by atoms with E-state index in [-0.39, 0.29) is 0 Å². The van der Waals surface area contributed by atoms with Crippen molar-refractivity contribution in [2.75, 3.05) is 0 Å². The lowest BCUT2D eigenvalue weighted by molar-refractivity contribution is 1.34. The molecule has 0 saturated carbocycles. The van der Waals surface area contributed by atoms with Crippen molar-refractivity contribution in [3.05, 3.63) is 65.2 Å². The number of aromatic amines is 1. The Balaban J connectivity index is 1.83. The van der Waals surface area contributed by atoms with Gasteiger partial charge in [-0.15, -0.1) is 11.3 Å². The van der Waals surface area contributed by atoms with Gasteiger partial charge < -0.3 is 4.98 Å². The summed E-state index contributed by atoms with van der Waals surface area (Å²) in [6.07, 6.45) is 2.05. The molecule has 2 heterocycles. The van der Waals surface area contributed by atoms with Crippen LogP contribution in [0.3, 0.4) is 0 Å². The summed E-state index contributed by atoms with van der Waals surface area (Å²) in [5.74, 6) is 0. The van der Waals surface area contributed by atoms with Crippen molar-refractivity contribution in [3.8, 4) is 21.8 Å². The molecular weight excluding hydrogens is 288 g/mol. The summed E-state index contributed by atoms with van der Waals surface area (Å²) >= 11 is 1.70. The zero-order valence-electron chi connectivity index (χ0n) is 12.6. The molecule has 0 atom stereocenters. The van der Waals surface area contributed by atoms with Gasteiger partial charge in [-0.2, -0.15) is 0 Å². The molecule has 0 amide bonds. The van der Waals surface area contributed by atoms with Crippen LogP contribution in [0, 0.1) is 13.8 Å². The van der Waals surface area contributed by atoms with Gasteiger partial charge in [0.05, 0.1) is 5.69 Å². The predicted octanol–water partition coefficient (Wildman–Crippen LogP) is 5.58. The van der Waals surface area contributed by atoms with E-state index in [0.29, 0.717) is 0 Å². The van der Waals surface area contributed by atoms with Crippen LogP contribution in [0.2, 0.25) is 0 Å². The van der Waals surface area contributed by atoms with Gasteiger partial charge in [-0.25, -0.2) is 4.98 Å². The molecule has 0 fully saturated rings. The van der Waals surface area contributed by atoms with Gasteiger partial charge in [-0.05, 0) is 31.5 Å². The van der Waals surface area contributed by atoms with Crippen molar-refractivity contribution in [3.63, 3.8) is 0 Å². The van der Waals surface area contributed by atoms with E-state index in [1.54, 1.807) is 11.3 Å². The van der Waals surface area contributed by atoms with Crippen LogP contribution in [0.4, 0.5) is 0 Å². The second-order valence-electron chi connectivity index (χ2n) is 5.60. The molecule has 1 N–H and O–H groups in total. The van der Waals surface area contributed by atoms with E-state index in [9.17, 15) is 0 Å². The number of hydrogen-bond donors (Lipinski definition) is 1. The first-order valence-corrected chi connectivity index (χ1v) is 8.20. The zero-order chi connectivity index (χ0) is 15.1. The van der Waals surface area contributed by atoms with Crippen LogP contribution in [0.25, 0.3) is 32.7 Å². The molecule has 0 bridgehead atoms. The largest absolute Gasteiger partial charge is 0.360 e. The van der Waals surface area contributed by atoms with Crippen LogP contribution in [0.1, 0.15) is 11.1 Å². The van der Waals surface area contributed by atoms with Gasteiger partial charge in [0.1, 0.15) is 5.01 Å². The third-order valence-corrected chi connectivity index (χ3v) is 4.87. The van der Waals surface area contributed by atoms with Gasteiger partial charge in [0.25, 0.3) is 0 Å². The Morgan fingerprint density at radius 3 is 2.77 bits per heavy atom. The Morgan fingerprint density at radius 1 is 1.00 bits per heavy atom. The minimum Gasteiger partial charge on any atom is -0.360 e. The minimum atomic E-state index is 1.06. The standard InChI is InChI=1S/C19H16N2S/c1-12-7-8-13(2)15(9-12)18-11-22-19(21-18)16-10-20-17-6-4-3-5-14(16)17/h3-11,20H,1-2H3. The molecule has 0 saturated heterocycles. The van der Waals surface area contributed by atoms with Crippen molar-refractivity contribution < 1.29 is 0 Å². The van der Waals surface area contributed by atoms with E-state index >= 15 is 0 Å². The highest BCUT2D eigenvalue weighted by Gasteiger charge is 2.12. The molecule has 0 aliphatic heterocycles. The van der Waals surface area contributed by atoms with Crippen LogP contribution in [0.5, 0.6) is 0 Å². The summed E-state index contributed by atoms with van der Waals surface area (Å²) in [4.78, 5) is 8.20. The molecule has 0 aliphatic rings. The number of para-hydroxylation sites is 1. The molecular formula is C19H16N2S. The number of aryl methyl sites for hydroxylation is 2. The Hall–Kier alpha value is -2.39. The number of thiazole rings is 1. The monoisotopic (exact) mass is 304 g/mol. The molecule has 0 aliphatic carbocycles. The molecule has 2 aromatic heterocycles. The highest BCUT2D eigenvalue weighted by molar-refractivity contribution is 7.13. The first kappa shape index (κ1) is 13.3. The number of H-pyrrole nitrogens is 1. The van der Waals surface area contributed by atoms with Crippen LogP contribution >= 0.6 is 11.3 Å². The summed E-state index contributed by atoms with van der Waals surface area (Å²) in [6, 6.07) is 14.9. The van der Waals surface area contributed by atoms with E-state index in [4.69, 9.17) is 4.98 Å². The van der Waals surface area contributed by atoms with Gasteiger partial charge in [0.15, 0.2) is 0 Å². The predicted molar refractivity (Wildman–Crippen MR) is 94.3 cm³/mol. The van der Waals surface area contributed by atoms with E-state index in [0.717, 1.165) is 16.2 Å². The molecule has 3 heteroatoms. The molecule has 0 unspecified atom stereocenters. The fraction of sp³-hybridized carbons (Fsp3) is 0.105. The normalized spacial score (nSPS) is 11.2. The van der Waals surface area contributed by atoms with E-state index < -0.39 is 0 Å². The lowest BCUT2D eigenvalue weighted by Gasteiger charge is -2.03. The van der Waals surface area contributed by atoms with E-state index in [1.165, 1.54) is 27.6 Å². The quantitative estimate of drug-likeness (QED) is 0.515. The van der Waals surface area contributed by atoms with Crippen molar-refractivity contribution >= 4 is 22.2 Å². The van der Waals surface area contributed by atoms with Gasteiger partial charge >= 0.3 is 0 Å². The lowest BCUT2D eigenvalue weighted by Crippen LogP contribution is -1.85. The number of benzene rings is 2. The SMILES string of the molecule is Cc1ccc(C)c(-c2csc(-c3c[nH]c4ccccc34)n2)c1. The number of fused-ring (bicyclic) bond motifs is 1. The lowest BCUT2D eigenvalue weighted by atomic mass is 10.0. The minimum absolute atomic E-state index is 1.06. The Morgan fingerprint density at radius 2 is 1.86 bits per heavy atom. The summed E-state index contributed by atoms with van der Waals surface area (Å²) in [5.41, 5.74) is 7.15.